The Morgan fingerprint density at radius 2 is 1.28 bits per heavy atom. The first-order chi connectivity index (χ1) is 13.5. The Balaban J connectivity index is 2.54. The third-order valence-electron chi connectivity index (χ3n) is 4.18. The molecule has 0 bridgehead atoms. The van der Waals surface area contributed by atoms with Gasteiger partial charge in [0.1, 0.15) is 5.75 Å². The number of carbonyl (C=O) groups is 2. The zero-order valence-electron chi connectivity index (χ0n) is 15.5. The Kier molecular flexibility index (Phi) is 8.07. The number of benzene rings is 2. The minimum absolute atomic E-state index is 0.333. The van der Waals surface area contributed by atoms with Crippen molar-refractivity contribution in [2.75, 3.05) is 0 Å². The average Bonchev–Trinajstić information content (AvgIpc) is 2.69. The van der Waals surface area contributed by atoms with Crippen LogP contribution in [-0.2, 0) is 15.0 Å². The Bertz CT molecular complexity index is 966. The Hall–Kier alpha value is -1.22. The summed E-state index contributed by atoms with van der Waals surface area (Å²) in [5.41, 5.74) is 1.43. The van der Waals surface area contributed by atoms with E-state index < -0.39 is 17.4 Å². The normalized spacial score (nSPS) is 11.0. The predicted octanol–water partition coefficient (Wildman–Crippen LogP) is 7.25. The minimum Gasteiger partial charge on any atom is -0.423 e. The maximum atomic E-state index is 11.7. The van der Waals surface area contributed by atoms with E-state index >= 15 is 0 Å². The van der Waals surface area contributed by atoms with Crippen molar-refractivity contribution in [1.29, 1.82) is 0 Å². The van der Waals surface area contributed by atoms with Crippen LogP contribution < -0.4 is 9.47 Å². The molecule has 0 amide bonds. The second-order valence-electron chi connectivity index (χ2n) is 6.36. The number of carbonyl (C=O) groups excluding carboxylic acids is 2. The van der Waals surface area contributed by atoms with E-state index in [9.17, 15) is 9.59 Å². The van der Waals surface area contributed by atoms with Gasteiger partial charge in [-0.3, -0.25) is 0 Å². The van der Waals surface area contributed by atoms with Gasteiger partial charge in [0.2, 0.25) is 0 Å². The fraction of sp³-hybridized carbons (Fsp3) is 0.143. The molecule has 8 heteroatoms. The maximum Gasteiger partial charge on any atom is 0.335 e. The molecule has 0 heterocycles. The lowest BCUT2D eigenvalue weighted by Gasteiger charge is -2.30. The molecule has 0 aromatic heterocycles. The van der Waals surface area contributed by atoms with Gasteiger partial charge in [-0.25, -0.2) is 9.59 Å². The minimum atomic E-state index is -0.568. The van der Waals surface area contributed by atoms with Crippen molar-refractivity contribution in [1.82, 2.24) is 0 Å². The quantitative estimate of drug-likeness (QED) is 0.143. The highest BCUT2D eigenvalue weighted by Gasteiger charge is 2.32. The molecule has 0 saturated heterocycles. The van der Waals surface area contributed by atoms with Crippen molar-refractivity contribution in [2.45, 2.75) is 19.3 Å². The van der Waals surface area contributed by atoms with Gasteiger partial charge < -0.3 is 9.47 Å². The molecule has 2 rings (SSSR count). The van der Waals surface area contributed by atoms with Crippen molar-refractivity contribution < 1.29 is 19.1 Å². The lowest BCUT2D eigenvalue weighted by molar-refractivity contribution is -0.129. The average molecular weight is 652 g/mol. The summed E-state index contributed by atoms with van der Waals surface area (Å²) in [6.45, 7) is 10.9. The molecular formula is C21H16Br4O4. The number of esters is 2. The first-order valence-electron chi connectivity index (χ1n) is 8.20. The standard InChI is InChI=1S/C21H16Br4O4/c1-5-13(26)28-12-9-7-11(8-10-12)21(3,4)15-16(22)18(24)20(19(25)17(15)23)29-14(27)6-2/h5-10H,1-2H2,3-4H3. The Morgan fingerprint density at radius 1 is 0.828 bits per heavy atom. The van der Waals surface area contributed by atoms with E-state index in [-0.39, 0.29) is 0 Å². The van der Waals surface area contributed by atoms with Gasteiger partial charge in [-0.05, 0) is 87.0 Å². The fourth-order valence-corrected chi connectivity index (χ4v) is 5.87. The molecule has 152 valence electrons. The third kappa shape index (κ3) is 5.10. The van der Waals surface area contributed by atoms with Crippen LogP contribution in [-0.4, -0.2) is 11.9 Å². The van der Waals surface area contributed by atoms with Crippen LogP contribution in [0.15, 0.2) is 67.5 Å². The van der Waals surface area contributed by atoms with Crippen LogP contribution in [0, 0.1) is 0 Å². The van der Waals surface area contributed by atoms with Gasteiger partial charge in [0.05, 0.1) is 8.95 Å². The molecule has 2 aromatic rings. The monoisotopic (exact) mass is 648 g/mol. The van der Waals surface area contributed by atoms with Crippen LogP contribution in [0.1, 0.15) is 25.0 Å². The second-order valence-corrected chi connectivity index (χ2v) is 9.53. The summed E-state index contributed by atoms with van der Waals surface area (Å²) in [7, 11) is 0. The van der Waals surface area contributed by atoms with Gasteiger partial charge >= 0.3 is 11.9 Å². The predicted molar refractivity (Wildman–Crippen MR) is 127 cm³/mol. The molecule has 0 aliphatic rings. The topological polar surface area (TPSA) is 52.6 Å². The zero-order valence-corrected chi connectivity index (χ0v) is 21.9. The van der Waals surface area contributed by atoms with Crippen LogP contribution in [0.3, 0.4) is 0 Å². The highest BCUT2D eigenvalue weighted by Crippen LogP contribution is 2.51. The van der Waals surface area contributed by atoms with Crippen LogP contribution in [0.2, 0.25) is 0 Å². The SMILES string of the molecule is C=CC(=O)Oc1ccc(C(C)(C)c2c(Br)c(Br)c(OC(=O)C=C)c(Br)c2Br)cc1. The van der Waals surface area contributed by atoms with Crippen molar-refractivity contribution in [3.63, 3.8) is 0 Å². The van der Waals surface area contributed by atoms with E-state index in [0.29, 0.717) is 20.4 Å². The number of halogens is 4. The highest BCUT2D eigenvalue weighted by atomic mass is 79.9. The Labute approximate surface area is 202 Å². The van der Waals surface area contributed by atoms with Crippen molar-refractivity contribution in [3.05, 3.63) is 78.6 Å². The van der Waals surface area contributed by atoms with Crippen LogP contribution in [0.4, 0.5) is 0 Å². The number of hydrogen-bond acceptors (Lipinski definition) is 4. The summed E-state index contributed by atoms with van der Waals surface area (Å²) in [4.78, 5) is 23.1. The number of ether oxygens (including phenoxy) is 2. The summed E-state index contributed by atoms with van der Waals surface area (Å²) in [6.07, 6.45) is 2.21. The number of hydrogen-bond donors (Lipinski definition) is 0. The lowest BCUT2D eigenvalue weighted by Crippen LogP contribution is -2.21. The number of rotatable bonds is 6. The molecule has 0 unspecified atom stereocenters. The molecule has 29 heavy (non-hydrogen) atoms. The molecule has 0 spiro atoms. The van der Waals surface area contributed by atoms with Crippen molar-refractivity contribution >= 4 is 75.7 Å². The van der Waals surface area contributed by atoms with E-state index in [1.807, 2.05) is 12.1 Å². The maximum absolute atomic E-state index is 11.7. The van der Waals surface area contributed by atoms with E-state index in [1.54, 1.807) is 12.1 Å². The third-order valence-corrected chi connectivity index (χ3v) is 8.34. The van der Waals surface area contributed by atoms with E-state index in [2.05, 4.69) is 90.7 Å². The molecule has 0 saturated carbocycles. The highest BCUT2D eigenvalue weighted by molar-refractivity contribution is 9.14. The molecule has 0 radical (unpaired) electrons. The molecule has 0 aliphatic heterocycles. The second kappa shape index (κ2) is 9.73. The summed E-state index contributed by atoms with van der Waals surface area (Å²) in [6, 6.07) is 7.23. The van der Waals surface area contributed by atoms with Crippen LogP contribution in [0.5, 0.6) is 11.5 Å². The summed E-state index contributed by atoms with van der Waals surface area (Å²) < 4.78 is 13.1. The summed E-state index contributed by atoms with van der Waals surface area (Å²) in [5.74, 6) is -0.316. The first kappa shape index (κ1) is 24.1. The molecule has 0 fully saturated rings. The lowest BCUT2D eigenvalue weighted by atomic mass is 9.78. The zero-order chi connectivity index (χ0) is 21.9. The molecule has 0 aliphatic carbocycles. The van der Waals surface area contributed by atoms with Crippen molar-refractivity contribution in [2.24, 2.45) is 0 Å². The van der Waals surface area contributed by atoms with E-state index in [4.69, 9.17) is 9.47 Å². The van der Waals surface area contributed by atoms with Crippen molar-refractivity contribution in [3.8, 4) is 11.5 Å². The Morgan fingerprint density at radius 3 is 1.72 bits per heavy atom. The molecule has 2 aromatic carbocycles. The fourth-order valence-electron chi connectivity index (χ4n) is 2.63. The summed E-state index contributed by atoms with van der Waals surface area (Å²) in [5, 5.41) is 0. The molecule has 0 atom stereocenters. The van der Waals surface area contributed by atoms with Gasteiger partial charge in [-0.15, -0.1) is 0 Å². The van der Waals surface area contributed by atoms with Crippen LogP contribution in [0.25, 0.3) is 0 Å². The summed E-state index contributed by atoms with van der Waals surface area (Å²) >= 11 is 14.3. The largest absolute Gasteiger partial charge is 0.423 e. The van der Waals surface area contributed by atoms with E-state index in [1.165, 1.54) is 0 Å². The van der Waals surface area contributed by atoms with Gasteiger partial charge in [0.25, 0.3) is 0 Å². The van der Waals surface area contributed by atoms with Gasteiger partial charge in [-0.1, -0.05) is 39.1 Å². The van der Waals surface area contributed by atoms with Gasteiger partial charge in [0, 0.05) is 26.5 Å². The van der Waals surface area contributed by atoms with Gasteiger partial charge in [-0.2, -0.15) is 0 Å². The molecular weight excluding hydrogens is 636 g/mol. The first-order valence-corrected chi connectivity index (χ1v) is 11.4. The van der Waals surface area contributed by atoms with Crippen LogP contribution >= 0.6 is 63.7 Å². The van der Waals surface area contributed by atoms with E-state index in [0.717, 1.165) is 32.2 Å². The molecule has 4 nitrogen and oxygen atoms in total. The van der Waals surface area contributed by atoms with Gasteiger partial charge in [0.15, 0.2) is 5.75 Å². The molecule has 0 N–H and O–H groups in total. The smallest absolute Gasteiger partial charge is 0.335 e.